The Hall–Kier alpha value is -0.900. The molecule has 1 N–H and O–H groups in total. The Morgan fingerprint density at radius 2 is 2.33 bits per heavy atom. The normalized spacial score (nSPS) is 23.2. The van der Waals surface area contributed by atoms with E-state index in [0.29, 0.717) is 11.5 Å². The van der Waals surface area contributed by atoms with Crippen molar-refractivity contribution in [2.75, 3.05) is 0 Å². The van der Waals surface area contributed by atoms with Crippen LogP contribution in [0.4, 0.5) is 0 Å². The minimum Gasteiger partial charge on any atom is -0.307 e. The first kappa shape index (κ1) is 13.5. The summed E-state index contributed by atoms with van der Waals surface area (Å²) in [6.45, 7) is 8.73. The molecule has 0 amide bonds. The molecule has 1 heterocycles. The molecule has 1 aromatic heterocycles. The summed E-state index contributed by atoms with van der Waals surface area (Å²) in [5.74, 6) is 1.07. The molecule has 1 unspecified atom stereocenters. The molecule has 1 saturated carbocycles. The maximum Gasteiger partial charge on any atom is 0.140 e. The van der Waals surface area contributed by atoms with Crippen molar-refractivity contribution in [2.24, 2.45) is 5.41 Å². The number of aryl methyl sites for hydroxylation is 1. The molecule has 0 aliphatic heterocycles. The molecule has 0 spiro atoms. The van der Waals surface area contributed by atoms with E-state index < -0.39 is 0 Å². The van der Waals surface area contributed by atoms with Crippen molar-refractivity contribution in [3.8, 4) is 0 Å². The number of hydrogen-bond acceptors (Lipinski definition) is 3. The number of nitrogens with zero attached hydrogens (tertiary/aromatic N) is 3. The first-order valence-electron chi connectivity index (χ1n) is 7.21. The van der Waals surface area contributed by atoms with Gasteiger partial charge in [0.25, 0.3) is 0 Å². The number of hydrogen-bond donors (Lipinski definition) is 1. The molecule has 1 aliphatic rings. The highest BCUT2D eigenvalue weighted by Gasteiger charge is 2.27. The third kappa shape index (κ3) is 3.55. The molecule has 0 radical (unpaired) electrons. The summed E-state index contributed by atoms with van der Waals surface area (Å²) in [5.41, 5.74) is 0.493. The van der Waals surface area contributed by atoms with Gasteiger partial charge in [0, 0.05) is 12.6 Å². The van der Waals surface area contributed by atoms with Crippen LogP contribution in [-0.2, 0) is 13.1 Å². The van der Waals surface area contributed by atoms with Gasteiger partial charge in [-0.15, -0.1) is 0 Å². The molecule has 4 nitrogen and oxygen atoms in total. The van der Waals surface area contributed by atoms with E-state index in [1.807, 2.05) is 4.68 Å². The van der Waals surface area contributed by atoms with Crippen LogP contribution < -0.4 is 5.32 Å². The van der Waals surface area contributed by atoms with Gasteiger partial charge in [-0.05, 0) is 31.1 Å². The van der Waals surface area contributed by atoms with Gasteiger partial charge >= 0.3 is 0 Å². The van der Waals surface area contributed by atoms with Crippen LogP contribution in [0.3, 0.4) is 0 Å². The summed E-state index contributed by atoms with van der Waals surface area (Å²) in [6, 6.07) is 0.639. The quantitative estimate of drug-likeness (QED) is 0.873. The van der Waals surface area contributed by atoms with Crippen LogP contribution >= 0.6 is 0 Å². The topological polar surface area (TPSA) is 42.7 Å². The van der Waals surface area contributed by atoms with E-state index in [4.69, 9.17) is 0 Å². The van der Waals surface area contributed by atoms with Crippen LogP contribution in [-0.4, -0.2) is 20.8 Å². The average Bonchev–Trinajstić information content (AvgIpc) is 2.73. The zero-order valence-corrected chi connectivity index (χ0v) is 11.9. The molecule has 4 heteroatoms. The monoisotopic (exact) mass is 250 g/mol. The van der Waals surface area contributed by atoms with Gasteiger partial charge in [0.05, 0.1) is 6.54 Å². The molecule has 0 aromatic carbocycles. The Morgan fingerprint density at radius 3 is 3.06 bits per heavy atom. The third-order valence-electron chi connectivity index (χ3n) is 3.89. The van der Waals surface area contributed by atoms with Crippen LogP contribution in [0.25, 0.3) is 0 Å². The largest absolute Gasteiger partial charge is 0.307 e. The van der Waals surface area contributed by atoms with Crippen molar-refractivity contribution >= 4 is 0 Å². The van der Waals surface area contributed by atoms with Crippen molar-refractivity contribution in [3.05, 3.63) is 12.2 Å². The SMILES string of the molecule is CCCn1ncnc1CNC1CCCC(C)(C)C1. The van der Waals surface area contributed by atoms with Crippen molar-refractivity contribution in [2.45, 2.75) is 72.0 Å². The van der Waals surface area contributed by atoms with Crippen LogP contribution in [0.2, 0.25) is 0 Å². The second-order valence-corrected chi connectivity index (χ2v) is 6.24. The highest BCUT2D eigenvalue weighted by molar-refractivity contribution is 4.88. The molecule has 1 aromatic rings. The minimum atomic E-state index is 0.493. The lowest BCUT2D eigenvalue weighted by molar-refractivity contribution is 0.196. The first-order chi connectivity index (χ1) is 8.61. The van der Waals surface area contributed by atoms with Gasteiger partial charge in [0.2, 0.25) is 0 Å². The maximum atomic E-state index is 4.34. The van der Waals surface area contributed by atoms with Crippen LogP contribution in [0.1, 0.15) is 58.7 Å². The fraction of sp³-hybridized carbons (Fsp3) is 0.857. The number of rotatable bonds is 5. The summed E-state index contributed by atoms with van der Waals surface area (Å²) >= 11 is 0. The molecular formula is C14H26N4. The molecule has 0 saturated heterocycles. The second-order valence-electron chi connectivity index (χ2n) is 6.24. The smallest absolute Gasteiger partial charge is 0.140 e. The summed E-state index contributed by atoms with van der Waals surface area (Å²) in [7, 11) is 0. The first-order valence-corrected chi connectivity index (χ1v) is 7.21. The summed E-state index contributed by atoms with van der Waals surface area (Å²) < 4.78 is 2.01. The van der Waals surface area contributed by atoms with Gasteiger partial charge in [-0.2, -0.15) is 5.10 Å². The van der Waals surface area contributed by atoms with Crippen molar-refractivity contribution in [1.82, 2.24) is 20.1 Å². The van der Waals surface area contributed by atoms with E-state index in [2.05, 4.69) is 36.2 Å². The van der Waals surface area contributed by atoms with Crippen molar-refractivity contribution in [3.63, 3.8) is 0 Å². The predicted octanol–water partition coefficient (Wildman–Crippen LogP) is 2.75. The summed E-state index contributed by atoms with van der Waals surface area (Å²) in [5, 5.41) is 7.92. The second kappa shape index (κ2) is 5.83. The van der Waals surface area contributed by atoms with Gasteiger partial charge in [0.15, 0.2) is 0 Å². The Bertz CT molecular complexity index is 370. The Balaban J connectivity index is 1.85. The highest BCUT2D eigenvalue weighted by Crippen LogP contribution is 2.35. The van der Waals surface area contributed by atoms with Gasteiger partial charge in [-0.25, -0.2) is 9.67 Å². The fourth-order valence-electron chi connectivity index (χ4n) is 2.93. The molecular weight excluding hydrogens is 224 g/mol. The third-order valence-corrected chi connectivity index (χ3v) is 3.89. The van der Waals surface area contributed by atoms with Crippen LogP contribution in [0.15, 0.2) is 6.33 Å². The molecule has 0 bridgehead atoms. The zero-order chi connectivity index (χ0) is 13.0. The molecule has 1 aliphatic carbocycles. The predicted molar refractivity (Wildman–Crippen MR) is 73.2 cm³/mol. The molecule has 18 heavy (non-hydrogen) atoms. The standard InChI is InChI=1S/C14H26N4/c1-4-8-18-13(16-11-17-18)10-15-12-6-5-7-14(2,3)9-12/h11-12,15H,4-10H2,1-3H3. The van der Waals surface area contributed by atoms with E-state index in [9.17, 15) is 0 Å². The minimum absolute atomic E-state index is 0.493. The summed E-state index contributed by atoms with van der Waals surface area (Å²) in [6.07, 6.45) is 8.04. The van der Waals surface area contributed by atoms with Gasteiger partial charge in [-0.1, -0.05) is 27.2 Å². The molecule has 2 rings (SSSR count). The fourth-order valence-corrected chi connectivity index (χ4v) is 2.93. The zero-order valence-electron chi connectivity index (χ0n) is 11.9. The highest BCUT2D eigenvalue weighted by atomic mass is 15.3. The van der Waals surface area contributed by atoms with E-state index in [-0.39, 0.29) is 0 Å². The van der Waals surface area contributed by atoms with Gasteiger partial charge < -0.3 is 5.32 Å². The van der Waals surface area contributed by atoms with E-state index in [1.54, 1.807) is 6.33 Å². The summed E-state index contributed by atoms with van der Waals surface area (Å²) in [4.78, 5) is 4.34. The number of aromatic nitrogens is 3. The molecule has 1 atom stereocenters. The average molecular weight is 250 g/mol. The molecule has 1 fully saturated rings. The van der Waals surface area contributed by atoms with Crippen molar-refractivity contribution < 1.29 is 0 Å². The van der Waals surface area contributed by atoms with Gasteiger partial charge in [0.1, 0.15) is 12.2 Å². The lowest BCUT2D eigenvalue weighted by Gasteiger charge is -2.35. The van der Waals surface area contributed by atoms with E-state index >= 15 is 0 Å². The number of nitrogens with one attached hydrogen (secondary N) is 1. The van der Waals surface area contributed by atoms with Gasteiger partial charge in [-0.3, -0.25) is 0 Å². The van der Waals surface area contributed by atoms with Crippen LogP contribution in [0.5, 0.6) is 0 Å². The van der Waals surface area contributed by atoms with E-state index in [0.717, 1.165) is 25.3 Å². The Morgan fingerprint density at radius 1 is 1.50 bits per heavy atom. The molecule has 102 valence electrons. The van der Waals surface area contributed by atoms with Crippen molar-refractivity contribution in [1.29, 1.82) is 0 Å². The lowest BCUT2D eigenvalue weighted by atomic mass is 9.75. The Labute approximate surface area is 110 Å². The van der Waals surface area contributed by atoms with Crippen LogP contribution in [0, 0.1) is 5.41 Å². The Kier molecular flexibility index (Phi) is 4.38. The van der Waals surface area contributed by atoms with E-state index in [1.165, 1.54) is 25.7 Å². The lowest BCUT2D eigenvalue weighted by Crippen LogP contribution is -2.37. The maximum absolute atomic E-state index is 4.34.